The molecule has 3 aromatic rings. The van der Waals surface area contributed by atoms with Gasteiger partial charge < -0.3 is 15.4 Å². The Morgan fingerprint density at radius 2 is 2.12 bits per heavy atom. The molecule has 2 aromatic carbocycles. The molecule has 1 amide bonds. The van der Waals surface area contributed by atoms with Crippen LogP contribution in [0.5, 0.6) is 6.01 Å². The Labute approximate surface area is 232 Å². The monoisotopic (exact) mass is 545 g/mol. The molecule has 0 unspecified atom stereocenters. The number of carbonyl (C=O) groups is 1. The van der Waals surface area contributed by atoms with Gasteiger partial charge in [-0.15, -0.1) is 0 Å². The number of nitrogens with zero attached hydrogens (tertiary/aromatic N) is 3. The maximum atomic E-state index is 16.4. The molecular weight excluding hydrogens is 512 g/mol. The van der Waals surface area contributed by atoms with Crippen LogP contribution in [0.2, 0.25) is 0 Å². The molecule has 1 saturated carbocycles. The number of rotatable bonds is 9. The average Bonchev–Trinajstić information content (AvgIpc) is 3.28. The van der Waals surface area contributed by atoms with Crippen LogP contribution in [0.3, 0.4) is 0 Å². The lowest BCUT2D eigenvalue weighted by atomic mass is 9.93. The molecule has 1 aromatic heterocycles. The minimum atomic E-state index is -0.872. The molecule has 0 bridgehead atoms. The van der Waals surface area contributed by atoms with E-state index >= 15 is 4.39 Å². The molecule has 0 spiro atoms. The van der Waals surface area contributed by atoms with E-state index in [0.717, 1.165) is 31.4 Å². The van der Waals surface area contributed by atoms with Crippen molar-refractivity contribution in [2.75, 3.05) is 38.1 Å². The second kappa shape index (κ2) is 9.80. The molecule has 4 atom stereocenters. The first-order valence-corrected chi connectivity index (χ1v) is 14.2. The minimum absolute atomic E-state index is 0.0604. The topological polar surface area (TPSA) is 79.4 Å². The maximum Gasteiger partial charge on any atom is 0.319 e. The highest BCUT2D eigenvalue weighted by Crippen LogP contribution is 2.58. The van der Waals surface area contributed by atoms with Crippen molar-refractivity contribution >= 4 is 22.6 Å². The largest absolute Gasteiger partial charge is 0.461 e. The van der Waals surface area contributed by atoms with E-state index in [0.29, 0.717) is 54.7 Å². The van der Waals surface area contributed by atoms with Crippen LogP contribution in [0.1, 0.15) is 42.7 Å². The molecule has 3 heterocycles. The summed E-state index contributed by atoms with van der Waals surface area (Å²) >= 11 is 0. The fraction of sp³-hybridized carbons (Fsp3) is 0.452. The van der Waals surface area contributed by atoms with Gasteiger partial charge in [0.2, 0.25) is 5.91 Å². The lowest BCUT2D eigenvalue weighted by Gasteiger charge is -2.30. The van der Waals surface area contributed by atoms with Crippen LogP contribution >= 0.6 is 0 Å². The Morgan fingerprint density at radius 1 is 1.23 bits per heavy atom. The molecule has 2 N–H and O–H groups in total. The van der Waals surface area contributed by atoms with Crippen molar-refractivity contribution < 1.29 is 18.3 Å². The van der Waals surface area contributed by atoms with E-state index < -0.39 is 12.0 Å². The van der Waals surface area contributed by atoms with Crippen molar-refractivity contribution in [1.29, 1.82) is 0 Å². The highest BCUT2D eigenvalue weighted by atomic mass is 19.1. The first kappa shape index (κ1) is 25.4. The molecule has 9 heteroatoms. The lowest BCUT2D eigenvalue weighted by molar-refractivity contribution is -0.116. The molecular formula is C31H33F2N5O2. The van der Waals surface area contributed by atoms with Crippen molar-refractivity contribution in [3.63, 3.8) is 0 Å². The van der Waals surface area contributed by atoms with Crippen LogP contribution < -0.4 is 15.4 Å². The highest BCUT2D eigenvalue weighted by Gasteiger charge is 2.49. The number of amides is 1. The van der Waals surface area contributed by atoms with E-state index in [2.05, 4.69) is 38.1 Å². The Morgan fingerprint density at radius 3 is 3.00 bits per heavy atom. The lowest BCUT2D eigenvalue weighted by Crippen LogP contribution is -2.43. The number of hydrogen-bond acceptors (Lipinski definition) is 6. The summed E-state index contributed by atoms with van der Waals surface area (Å²) in [5.41, 5.74) is 3.87. The second-order valence-electron chi connectivity index (χ2n) is 11.6. The number of hydrogen-bond donors (Lipinski definition) is 2. The molecule has 2 aliphatic heterocycles. The standard InChI is InChI=1S/C31H33F2N5O2/c1-2-25(39)34-10-11-35-29-23-8-7-22(21-6-3-5-18-13-19-14-24(19)26(18)21)27(33)28(23)36-30(37-29)40-17-31-9-4-12-38(31)16-20(32)15-31/h2-3,5-8,19-20,24H,1,4,9-17H2,(H,34,39)(H,35,36,37)/t19-,20+,24+,31-/m0/s1. The quantitative estimate of drug-likeness (QED) is 0.298. The molecule has 2 aliphatic carbocycles. The molecule has 2 saturated heterocycles. The van der Waals surface area contributed by atoms with Crippen LogP contribution in [-0.4, -0.2) is 65.3 Å². The summed E-state index contributed by atoms with van der Waals surface area (Å²) in [5, 5.41) is 6.47. The zero-order chi connectivity index (χ0) is 27.4. The number of halogens is 2. The predicted octanol–water partition coefficient (Wildman–Crippen LogP) is 4.76. The first-order chi connectivity index (χ1) is 19.5. The number of nitrogens with one attached hydrogen (secondary N) is 2. The number of alkyl halides is 1. The van der Waals surface area contributed by atoms with Crippen molar-refractivity contribution in [2.24, 2.45) is 5.92 Å². The van der Waals surface area contributed by atoms with Gasteiger partial charge in [-0.05, 0) is 72.9 Å². The fourth-order valence-corrected chi connectivity index (χ4v) is 7.21. The molecule has 0 radical (unpaired) electrons. The van der Waals surface area contributed by atoms with Gasteiger partial charge in [0.15, 0.2) is 5.82 Å². The molecule has 3 fully saturated rings. The van der Waals surface area contributed by atoms with Crippen LogP contribution in [0.25, 0.3) is 22.0 Å². The average molecular weight is 546 g/mol. The van der Waals surface area contributed by atoms with Gasteiger partial charge in [-0.3, -0.25) is 9.69 Å². The summed E-state index contributed by atoms with van der Waals surface area (Å²) in [6.45, 7) is 5.70. The van der Waals surface area contributed by atoms with Crippen LogP contribution in [0, 0.1) is 11.7 Å². The molecule has 208 valence electrons. The van der Waals surface area contributed by atoms with Gasteiger partial charge in [0.1, 0.15) is 24.1 Å². The molecule has 40 heavy (non-hydrogen) atoms. The summed E-state index contributed by atoms with van der Waals surface area (Å²) in [5.74, 6) is 0.955. The SMILES string of the molecule is C=CC(=O)NCCNc1nc(OC[C@@]23CCCN2C[C@H](F)C3)nc2c(F)c(-c3cccc4c3[C@@H]3C[C@@H]3C4)ccc12. The normalized spacial score (nSPS) is 26.3. The second-order valence-corrected chi connectivity index (χ2v) is 11.6. The van der Waals surface area contributed by atoms with Crippen LogP contribution in [-0.2, 0) is 11.2 Å². The number of anilines is 1. The summed E-state index contributed by atoms with van der Waals surface area (Å²) in [7, 11) is 0. The summed E-state index contributed by atoms with van der Waals surface area (Å²) in [6, 6.07) is 9.89. The Kier molecular flexibility index (Phi) is 6.22. The summed E-state index contributed by atoms with van der Waals surface area (Å²) in [6.07, 6.45) is 4.86. The predicted molar refractivity (Wildman–Crippen MR) is 150 cm³/mol. The molecule has 4 aliphatic rings. The van der Waals surface area contributed by atoms with E-state index in [4.69, 9.17) is 4.74 Å². The zero-order valence-corrected chi connectivity index (χ0v) is 22.4. The number of fused-ring (bicyclic) bond motifs is 5. The van der Waals surface area contributed by atoms with Gasteiger partial charge in [-0.25, -0.2) is 8.78 Å². The summed E-state index contributed by atoms with van der Waals surface area (Å²) in [4.78, 5) is 22.9. The Hall–Kier alpha value is -3.59. The first-order valence-electron chi connectivity index (χ1n) is 14.2. The Bertz CT molecular complexity index is 1510. The van der Waals surface area contributed by atoms with Gasteiger partial charge in [-0.2, -0.15) is 9.97 Å². The highest BCUT2D eigenvalue weighted by molar-refractivity contribution is 5.94. The van der Waals surface area contributed by atoms with Gasteiger partial charge in [0.05, 0.1) is 5.54 Å². The van der Waals surface area contributed by atoms with E-state index in [1.807, 2.05) is 24.3 Å². The van der Waals surface area contributed by atoms with Crippen molar-refractivity contribution in [3.05, 3.63) is 59.9 Å². The van der Waals surface area contributed by atoms with Crippen molar-refractivity contribution in [2.45, 2.75) is 49.7 Å². The van der Waals surface area contributed by atoms with E-state index in [-0.39, 0.29) is 29.6 Å². The summed E-state index contributed by atoms with van der Waals surface area (Å²) < 4.78 is 36.8. The van der Waals surface area contributed by atoms with E-state index in [9.17, 15) is 9.18 Å². The Balaban J connectivity index is 1.24. The zero-order valence-electron chi connectivity index (χ0n) is 22.4. The fourth-order valence-electron chi connectivity index (χ4n) is 7.21. The number of aromatic nitrogens is 2. The van der Waals surface area contributed by atoms with Crippen LogP contribution in [0.4, 0.5) is 14.6 Å². The number of ether oxygens (including phenoxy) is 1. The van der Waals surface area contributed by atoms with Gasteiger partial charge in [-0.1, -0.05) is 30.8 Å². The third-order valence-electron chi connectivity index (χ3n) is 9.18. The number of carbonyl (C=O) groups excluding carboxylic acids is 1. The van der Waals surface area contributed by atoms with Gasteiger partial charge >= 0.3 is 6.01 Å². The van der Waals surface area contributed by atoms with Crippen molar-refractivity contribution in [3.8, 4) is 17.1 Å². The van der Waals surface area contributed by atoms with E-state index in [1.54, 1.807) is 0 Å². The van der Waals surface area contributed by atoms with Gasteiger partial charge in [0, 0.05) is 37.0 Å². The number of benzene rings is 2. The third-order valence-corrected chi connectivity index (χ3v) is 9.18. The van der Waals surface area contributed by atoms with Gasteiger partial charge in [0.25, 0.3) is 0 Å². The molecule has 7 nitrogen and oxygen atoms in total. The van der Waals surface area contributed by atoms with Crippen LogP contribution in [0.15, 0.2) is 43.0 Å². The van der Waals surface area contributed by atoms with Crippen molar-refractivity contribution in [1.82, 2.24) is 20.2 Å². The minimum Gasteiger partial charge on any atom is -0.461 e. The van der Waals surface area contributed by atoms with E-state index in [1.165, 1.54) is 23.6 Å². The molecule has 7 rings (SSSR count). The maximum absolute atomic E-state index is 16.4. The third kappa shape index (κ3) is 4.31. The smallest absolute Gasteiger partial charge is 0.319 e.